The van der Waals surface area contributed by atoms with Gasteiger partial charge in [-0.2, -0.15) is 0 Å². The number of esters is 1. The first kappa shape index (κ1) is 13.9. The number of hydrogen-bond acceptors (Lipinski definition) is 3. The third-order valence-electron chi connectivity index (χ3n) is 2.38. The fraction of sp³-hybridized carbons (Fsp3) is 0.818. The first-order valence-corrected chi connectivity index (χ1v) is 5.37. The molecular weight excluding hydrogens is 196 g/mol. The third kappa shape index (κ3) is 7.97. The Kier molecular flexibility index (Phi) is 7.68. The van der Waals surface area contributed by atoms with Gasteiger partial charge in [0.25, 0.3) is 0 Å². The first-order valence-electron chi connectivity index (χ1n) is 5.37. The van der Waals surface area contributed by atoms with Gasteiger partial charge in [-0.15, -0.1) is 0 Å². The number of unbranched alkanes of at least 4 members (excludes halogenated alkanes) is 3. The van der Waals surface area contributed by atoms with Gasteiger partial charge < -0.3 is 9.84 Å². The average molecular weight is 216 g/mol. The summed E-state index contributed by atoms with van der Waals surface area (Å²) in [5, 5.41) is 8.40. The number of carboxylic acid groups (broad SMARTS) is 1. The molecule has 0 aliphatic rings. The van der Waals surface area contributed by atoms with E-state index < -0.39 is 5.97 Å². The molecular formula is C11H20O4. The number of carbonyl (C=O) groups excluding carboxylic acids is 1. The molecule has 1 N–H and O–H groups in total. The number of ether oxygens (including phenoxy) is 1. The predicted molar refractivity (Wildman–Crippen MR) is 56.5 cm³/mol. The van der Waals surface area contributed by atoms with Gasteiger partial charge in [0.15, 0.2) is 0 Å². The van der Waals surface area contributed by atoms with Crippen LogP contribution in [0.15, 0.2) is 0 Å². The summed E-state index contributed by atoms with van der Waals surface area (Å²) >= 11 is 0. The molecule has 0 saturated heterocycles. The lowest BCUT2D eigenvalue weighted by atomic mass is 10.0. The molecule has 0 rings (SSSR count). The third-order valence-corrected chi connectivity index (χ3v) is 2.38. The molecule has 88 valence electrons. The van der Waals surface area contributed by atoms with E-state index >= 15 is 0 Å². The van der Waals surface area contributed by atoms with Crippen molar-refractivity contribution in [3.8, 4) is 0 Å². The second-order valence-corrected chi connectivity index (χ2v) is 3.77. The van der Waals surface area contributed by atoms with Crippen molar-refractivity contribution in [2.24, 2.45) is 5.92 Å². The number of hydrogen-bond donors (Lipinski definition) is 1. The van der Waals surface area contributed by atoms with E-state index in [1.807, 2.05) is 6.92 Å². The van der Waals surface area contributed by atoms with Crippen molar-refractivity contribution in [1.82, 2.24) is 0 Å². The summed E-state index contributed by atoms with van der Waals surface area (Å²) in [5.74, 6) is -0.951. The Balaban J connectivity index is 3.31. The summed E-state index contributed by atoms with van der Waals surface area (Å²) in [6.07, 6.45) is 4.64. The summed E-state index contributed by atoms with van der Waals surface area (Å²) in [6.45, 7) is 1.85. The van der Waals surface area contributed by atoms with Crippen molar-refractivity contribution < 1.29 is 19.4 Å². The van der Waals surface area contributed by atoms with Gasteiger partial charge in [0, 0.05) is 6.42 Å². The quantitative estimate of drug-likeness (QED) is 0.499. The highest BCUT2D eigenvalue weighted by Crippen LogP contribution is 2.12. The standard InChI is InChI=1S/C11H20O4/c1-9(11(14)15-2)7-5-3-4-6-8-10(12)13/h9H,3-8H2,1-2H3,(H,12,13). The fourth-order valence-corrected chi connectivity index (χ4v) is 1.40. The van der Waals surface area contributed by atoms with Gasteiger partial charge >= 0.3 is 11.9 Å². The number of rotatable bonds is 8. The molecule has 0 fully saturated rings. The Labute approximate surface area is 90.6 Å². The summed E-state index contributed by atoms with van der Waals surface area (Å²) in [4.78, 5) is 21.2. The van der Waals surface area contributed by atoms with Crippen molar-refractivity contribution in [3.05, 3.63) is 0 Å². The van der Waals surface area contributed by atoms with Gasteiger partial charge in [0.05, 0.1) is 13.0 Å². The molecule has 4 nitrogen and oxygen atoms in total. The van der Waals surface area contributed by atoms with E-state index in [0.29, 0.717) is 0 Å². The highest BCUT2D eigenvalue weighted by molar-refractivity contribution is 5.71. The van der Waals surface area contributed by atoms with Crippen molar-refractivity contribution in [1.29, 1.82) is 0 Å². The summed E-state index contributed by atoms with van der Waals surface area (Å²) in [5.41, 5.74) is 0. The van der Waals surface area contributed by atoms with Gasteiger partial charge in [0.1, 0.15) is 0 Å². The van der Waals surface area contributed by atoms with E-state index in [0.717, 1.165) is 32.1 Å². The van der Waals surface area contributed by atoms with Crippen LogP contribution in [-0.4, -0.2) is 24.2 Å². The summed E-state index contributed by atoms with van der Waals surface area (Å²) < 4.78 is 4.60. The molecule has 0 aromatic heterocycles. The Morgan fingerprint density at radius 3 is 2.33 bits per heavy atom. The molecule has 0 aliphatic heterocycles. The minimum Gasteiger partial charge on any atom is -0.481 e. The van der Waals surface area contributed by atoms with Crippen LogP contribution in [0.3, 0.4) is 0 Å². The first-order chi connectivity index (χ1) is 7.07. The Bertz CT molecular complexity index is 201. The Hall–Kier alpha value is -1.06. The lowest BCUT2D eigenvalue weighted by Crippen LogP contribution is -2.12. The molecule has 4 heteroatoms. The van der Waals surface area contributed by atoms with Gasteiger partial charge in [-0.1, -0.05) is 26.2 Å². The van der Waals surface area contributed by atoms with Crippen LogP contribution in [-0.2, 0) is 14.3 Å². The minimum absolute atomic E-state index is 0.0468. The lowest BCUT2D eigenvalue weighted by molar-refractivity contribution is -0.145. The van der Waals surface area contributed by atoms with E-state index in [2.05, 4.69) is 4.74 Å². The molecule has 15 heavy (non-hydrogen) atoms. The van der Waals surface area contributed by atoms with E-state index in [4.69, 9.17) is 5.11 Å². The number of aliphatic carboxylic acids is 1. The molecule has 0 aromatic carbocycles. The average Bonchev–Trinajstić information content (AvgIpc) is 2.21. The highest BCUT2D eigenvalue weighted by atomic mass is 16.5. The SMILES string of the molecule is COC(=O)C(C)CCCCCCC(=O)O. The number of methoxy groups -OCH3 is 1. The molecule has 0 amide bonds. The lowest BCUT2D eigenvalue weighted by Gasteiger charge is -2.07. The highest BCUT2D eigenvalue weighted by Gasteiger charge is 2.11. The van der Waals surface area contributed by atoms with Crippen LogP contribution >= 0.6 is 0 Å². The number of carboxylic acids is 1. The molecule has 0 aromatic rings. The smallest absolute Gasteiger partial charge is 0.308 e. The number of carbonyl (C=O) groups is 2. The molecule has 0 aliphatic carbocycles. The second kappa shape index (κ2) is 8.26. The predicted octanol–water partition coefficient (Wildman–Crippen LogP) is 2.22. The van der Waals surface area contributed by atoms with Gasteiger partial charge in [0.2, 0.25) is 0 Å². The second-order valence-electron chi connectivity index (χ2n) is 3.77. The molecule has 0 radical (unpaired) electrons. The minimum atomic E-state index is -0.738. The van der Waals surface area contributed by atoms with Crippen LogP contribution in [0, 0.1) is 5.92 Å². The molecule has 0 heterocycles. The summed E-state index contributed by atoms with van der Waals surface area (Å²) in [7, 11) is 1.39. The van der Waals surface area contributed by atoms with Crippen molar-refractivity contribution in [2.75, 3.05) is 7.11 Å². The van der Waals surface area contributed by atoms with Crippen molar-refractivity contribution in [3.63, 3.8) is 0 Å². The van der Waals surface area contributed by atoms with Gasteiger partial charge in [-0.05, 0) is 12.8 Å². The normalized spacial score (nSPS) is 12.1. The zero-order chi connectivity index (χ0) is 11.7. The van der Waals surface area contributed by atoms with Crippen LogP contribution in [0.1, 0.15) is 45.4 Å². The van der Waals surface area contributed by atoms with Crippen LogP contribution in [0.4, 0.5) is 0 Å². The summed E-state index contributed by atoms with van der Waals surface area (Å²) in [6, 6.07) is 0. The maximum absolute atomic E-state index is 11.0. The van der Waals surface area contributed by atoms with Gasteiger partial charge in [-0.25, -0.2) is 0 Å². The van der Waals surface area contributed by atoms with Crippen LogP contribution in [0.5, 0.6) is 0 Å². The molecule has 1 unspecified atom stereocenters. The zero-order valence-electron chi connectivity index (χ0n) is 9.49. The van der Waals surface area contributed by atoms with Crippen LogP contribution < -0.4 is 0 Å². The zero-order valence-corrected chi connectivity index (χ0v) is 9.49. The van der Waals surface area contributed by atoms with Crippen molar-refractivity contribution >= 4 is 11.9 Å². The fourth-order valence-electron chi connectivity index (χ4n) is 1.40. The Morgan fingerprint density at radius 2 is 1.80 bits per heavy atom. The monoisotopic (exact) mass is 216 g/mol. The van der Waals surface area contributed by atoms with Gasteiger partial charge in [-0.3, -0.25) is 9.59 Å². The van der Waals surface area contributed by atoms with Crippen LogP contribution in [0.2, 0.25) is 0 Å². The van der Waals surface area contributed by atoms with E-state index in [-0.39, 0.29) is 18.3 Å². The Morgan fingerprint density at radius 1 is 1.20 bits per heavy atom. The maximum Gasteiger partial charge on any atom is 0.308 e. The molecule has 0 spiro atoms. The largest absolute Gasteiger partial charge is 0.481 e. The van der Waals surface area contributed by atoms with Crippen molar-refractivity contribution in [2.45, 2.75) is 45.4 Å². The van der Waals surface area contributed by atoms with E-state index in [9.17, 15) is 9.59 Å². The molecule has 0 saturated carbocycles. The molecule has 1 atom stereocenters. The maximum atomic E-state index is 11.0. The molecule has 0 bridgehead atoms. The van der Waals surface area contributed by atoms with E-state index in [1.54, 1.807) is 0 Å². The van der Waals surface area contributed by atoms with Crippen LogP contribution in [0.25, 0.3) is 0 Å². The van der Waals surface area contributed by atoms with E-state index in [1.165, 1.54) is 7.11 Å². The topological polar surface area (TPSA) is 63.6 Å².